The Morgan fingerprint density at radius 2 is 1.96 bits per heavy atom. The zero-order valence-electron chi connectivity index (χ0n) is 14.1. The summed E-state index contributed by atoms with van der Waals surface area (Å²) in [7, 11) is 1.66. The van der Waals surface area contributed by atoms with Crippen LogP contribution in [0.4, 0.5) is 10.1 Å². The van der Waals surface area contributed by atoms with Crippen molar-refractivity contribution in [2.75, 3.05) is 44.8 Å². The quantitative estimate of drug-likeness (QED) is 0.795. The number of anilines is 1. The van der Waals surface area contributed by atoms with Gasteiger partial charge in [-0.15, -0.1) is 5.10 Å². The van der Waals surface area contributed by atoms with E-state index in [1.165, 1.54) is 6.07 Å². The van der Waals surface area contributed by atoms with E-state index in [9.17, 15) is 4.39 Å². The van der Waals surface area contributed by atoms with Crippen LogP contribution in [0.15, 0.2) is 24.3 Å². The van der Waals surface area contributed by atoms with E-state index < -0.39 is 0 Å². The lowest BCUT2D eigenvalue weighted by Crippen LogP contribution is -2.47. The molecule has 24 heavy (non-hydrogen) atoms. The van der Waals surface area contributed by atoms with E-state index in [-0.39, 0.29) is 11.9 Å². The third-order valence-electron chi connectivity index (χ3n) is 4.50. The van der Waals surface area contributed by atoms with Crippen molar-refractivity contribution in [1.29, 1.82) is 0 Å². The lowest BCUT2D eigenvalue weighted by atomic mass is 10.2. The molecule has 1 atom stereocenters. The molecule has 1 aromatic carbocycles. The van der Waals surface area contributed by atoms with Crippen LogP contribution < -0.4 is 4.90 Å². The molecule has 0 saturated carbocycles. The fourth-order valence-electron chi connectivity index (χ4n) is 3.07. The minimum atomic E-state index is -0.164. The van der Waals surface area contributed by atoms with Crippen molar-refractivity contribution >= 4 is 5.69 Å². The zero-order chi connectivity index (χ0) is 16.9. The molecule has 0 bridgehead atoms. The van der Waals surface area contributed by atoms with Gasteiger partial charge in [0.25, 0.3) is 0 Å². The Morgan fingerprint density at radius 1 is 1.21 bits per heavy atom. The molecule has 1 saturated heterocycles. The van der Waals surface area contributed by atoms with Gasteiger partial charge in [-0.05, 0) is 29.5 Å². The van der Waals surface area contributed by atoms with Crippen molar-refractivity contribution in [2.45, 2.75) is 19.5 Å². The van der Waals surface area contributed by atoms with Crippen molar-refractivity contribution in [1.82, 2.24) is 25.1 Å². The van der Waals surface area contributed by atoms with E-state index in [0.29, 0.717) is 18.8 Å². The Kier molecular flexibility index (Phi) is 5.37. The van der Waals surface area contributed by atoms with Crippen LogP contribution in [0.2, 0.25) is 0 Å². The number of benzene rings is 1. The molecular formula is C16H23FN6O. The number of tetrazole rings is 1. The van der Waals surface area contributed by atoms with Gasteiger partial charge in [-0.3, -0.25) is 4.90 Å². The number of aromatic nitrogens is 4. The average molecular weight is 334 g/mol. The Morgan fingerprint density at radius 3 is 2.67 bits per heavy atom. The number of nitrogens with zero attached hydrogens (tertiary/aromatic N) is 6. The summed E-state index contributed by atoms with van der Waals surface area (Å²) in [6, 6.07) is 7.04. The van der Waals surface area contributed by atoms with E-state index in [1.807, 2.05) is 12.1 Å². The van der Waals surface area contributed by atoms with E-state index in [1.54, 1.807) is 17.9 Å². The van der Waals surface area contributed by atoms with E-state index in [0.717, 1.165) is 32.0 Å². The summed E-state index contributed by atoms with van der Waals surface area (Å²) in [5, 5.41) is 12.0. The first-order valence-corrected chi connectivity index (χ1v) is 8.19. The molecule has 1 fully saturated rings. The van der Waals surface area contributed by atoms with Gasteiger partial charge < -0.3 is 9.64 Å². The maximum Gasteiger partial charge on any atom is 0.168 e. The standard InChI is InChI=1S/C16H23FN6O/c1-13(16-18-19-20-23(16)11-12-24-2)21-7-9-22(10-8-21)15-6-4-3-5-14(15)17/h3-6,13H,7-12H2,1-2H3/t13-/m0/s1. The smallest absolute Gasteiger partial charge is 0.168 e. The first-order valence-electron chi connectivity index (χ1n) is 8.19. The van der Waals surface area contributed by atoms with Crippen molar-refractivity contribution in [3.8, 4) is 0 Å². The summed E-state index contributed by atoms with van der Waals surface area (Å²) in [5.74, 6) is 0.675. The highest BCUT2D eigenvalue weighted by Gasteiger charge is 2.26. The van der Waals surface area contributed by atoms with Crippen LogP contribution in [0.25, 0.3) is 0 Å². The molecule has 0 spiro atoms. The molecule has 3 rings (SSSR count). The van der Waals surface area contributed by atoms with Crippen LogP contribution in [0.1, 0.15) is 18.8 Å². The van der Waals surface area contributed by atoms with Crippen molar-refractivity contribution in [3.05, 3.63) is 35.9 Å². The van der Waals surface area contributed by atoms with E-state index in [4.69, 9.17) is 4.74 Å². The Labute approximate surface area is 141 Å². The summed E-state index contributed by atoms with van der Waals surface area (Å²) >= 11 is 0. The fourth-order valence-corrected chi connectivity index (χ4v) is 3.07. The third-order valence-corrected chi connectivity index (χ3v) is 4.50. The molecule has 2 aromatic rings. The second-order valence-electron chi connectivity index (χ2n) is 5.90. The normalized spacial score (nSPS) is 17.2. The van der Waals surface area contributed by atoms with Crippen LogP contribution in [0, 0.1) is 5.82 Å². The number of hydrogen-bond donors (Lipinski definition) is 0. The van der Waals surface area contributed by atoms with Crippen molar-refractivity contribution in [3.63, 3.8) is 0 Å². The van der Waals surface area contributed by atoms with E-state index >= 15 is 0 Å². The molecule has 2 heterocycles. The summed E-state index contributed by atoms with van der Waals surface area (Å²) in [5.41, 5.74) is 0.676. The maximum absolute atomic E-state index is 13.9. The van der Waals surface area contributed by atoms with E-state index in [2.05, 4.69) is 32.2 Å². The predicted molar refractivity (Wildman–Crippen MR) is 88.3 cm³/mol. The second-order valence-corrected chi connectivity index (χ2v) is 5.90. The van der Waals surface area contributed by atoms with Gasteiger partial charge in [0.1, 0.15) is 5.82 Å². The zero-order valence-corrected chi connectivity index (χ0v) is 14.1. The molecule has 0 N–H and O–H groups in total. The maximum atomic E-state index is 13.9. The van der Waals surface area contributed by atoms with Gasteiger partial charge in [0, 0.05) is 33.3 Å². The van der Waals surface area contributed by atoms with Crippen LogP contribution in [0.5, 0.6) is 0 Å². The predicted octanol–water partition coefficient (Wildman–Crippen LogP) is 1.34. The summed E-state index contributed by atoms with van der Waals surface area (Å²) in [4.78, 5) is 4.42. The number of piperazine rings is 1. The Balaban J connectivity index is 1.62. The highest BCUT2D eigenvalue weighted by molar-refractivity contribution is 5.48. The lowest BCUT2D eigenvalue weighted by Gasteiger charge is -2.38. The van der Waals surface area contributed by atoms with Crippen LogP contribution in [0.3, 0.4) is 0 Å². The molecular weight excluding hydrogens is 311 g/mol. The second kappa shape index (κ2) is 7.67. The minimum Gasteiger partial charge on any atom is -0.383 e. The molecule has 1 aliphatic heterocycles. The number of hydrogen-bond acceptors (Lipinski definition) is 6. The highest BCUT2D eigenvalue weighted by atomic mass is 19.1. The lowest BCUT2D eigenvalue weighted by molar-refractivity contribution is 0.166. The molecule has 0 radical (unpaired) electrons. The van der Waals surface area contributed by atoms with Gasteiger partial charge in [0.05, 0.1) is 24.9 Å². The number of rotatable bonds is 6. The summed E-state index contributed by atoms with van der Waals surface area (Å²) < 4.78 is 20.8. The summed E-state index contributed by atoms with van der Waals surface area (Å²) in [6.07, 6.45) is 0. The topological polar surface area (TPSA) is 59.3 Å². The Bertz CT molecular complexity index is 656. The molecule has 0 amide bonds. The molecule has 0 unspecified atom stereocenters. The van der Waals surface area contributed by atoms with Crippen LogP contribution in [-0.4, -0.2) is 65.0 Å². The number of halogens is 1. The summed E-state index contributed by atoms with van der Waals surface area (Å²) in [6.45, 7) is 6.56. The molecule has 130 valence electrons. The van der Waals surface area contributed by atoms with Crippen LogP contribution in [-0.2, 0) is 11.3 Å². The number of methoxy groups -OCH3 is 1. The van der Waals surface area contributed by atoms with Gasteiger partial charge in [0.15, 0.2) is 5.82 Å². The first-order chi connectivity index (χ1) is 11.7. The van der Waals surface area contributed by atoms with Crippen LogP contribution >= 0.6 is 0 Å². The SMILES string of the molecule is COCCn1nnnc1[C@H](C)N1CCN(c2ccccc2F)CC1. The molecule has 0 aliphatic carbocycles. The number of ether oxygens (including phenoxy) is 1. The molecule has 8 heteroatoms. The largest absolute Gasteiger partial charge is 0.383 e. The van der Waals surface area contributed by atoms with Gasteiger partial charge in [-0.25, -0.2) is 9.07 Å². The van der Waals surface area contributed by atoms with Gasteiger partial charge >= 0.3 is 0 Å². The highest BCUT2D eigenvalue weighted by Crippen LogP contribution is 2.24. The number of para-hydroxylation sites is 1. The monoisotopic (exact) mass is 334 g/mol. The molecule has 7 nitrogen and oxygen atoms in total. The molecule has 1 aromatic heterocycles. The minimum absolute atomic E-state index is 0.111. The fraction of sp³-hybridized carbons (Fsp3) is 0.562. The van der Waals surface area contributed by atoms with Crippen molar-refractivity contribution < 1.29 is 9.13 Å². The van der Waals surface area contributed by atoms with Gasteiger partial charge in [0.2, 0.25) is 0 Å². The van der Waals surface area contributed by atoms with Gasteiger partial charge in [-0.2, -0.15) is 0 Å². The average Bonchev–Trinajstić information content (AvgIpc) is 3.08. The third kappa shape index (κ3) is 3.54. The Hall–Kier alpha value is -2.06. The molecule has 1 aliphatic rings. The van der Waals surface area contributed by atoms with Gasteiger partial charge in [-0.1, -0.05) is 12.1 Å². The first kappa shape index (κ1) is 16.8. The van der Waals surface area contributed by atoms with Crippen molar-refractivity contribution in [2.24, 2.45) is 0 Å².